The normalized spacial score (nSPS) is 11.3. The fourth-order valence-electron chi connectivity index (χ4n) is 1.63. The summed E-state index contributed by atoms with van der Waals surface area (Å²) in [7, 11) is 2.00. The summed E-state index contributed by atoms with van der Waals surface area (Å²) in [4.78, 5) is 2.14. The second-order valence-corrected chi connectivity index (χ2v) is 5.29. The molecule has 1 aromatic rings. The van der Waals surface area contributed by atoms with E-state index in [0.717, 1.165) is 6.42 Å². The number of rotatable bonds is 4. The molecule has 3 heteroatoms. The fraction of sp³-hybridized carbons (Fsp3) is 0.500. The summed E-state index contributed by atoms with van der Waals surface area (Å²) in [6.07, 6.45) is 1.01. The van der Waals surface area contributed by atoms with Crippen molar-refractivity contribution >= 4 is 0 Å². The van der Waals surface area contributed by atoms with Crippen molar-refractivity contribution in [3.8, 4) is 11.8 Å². The van der Waals surface area contributed by atoms with E-state index in [2.05, 4.69) is 37.5 Å². The first-order valence-corrected chi connectivity index (χ1v) is 6.50. The zero-order valence-electron chi connectivity index (χ0n) is 12.1. The van der Waals surface area contributed by atoms with Crippen LogP contribution >= 0.6 is 0 Å². The van der Waals surface area contributed by atoms with E-state index in [1.807, 2.05) is 7.05 Å². The maximum absolute atomic E-state index is 14.0. The molecule has 0 aromatic heterocycles. The number of hydrogen-bond donors (Lipinski definition) is 1. The van der Waals surface area contributed by atoms with Crippen LogP contribution in [0, 0.1) is 17.7 Å². The second kappa shape index (κ2) is 6.70. The molecule has 0 heterocycles. The van der Waals surface area contributed by atoms with Gasteiger partial charge < -0.3 is 5.11 Å². The number of aliphatic hydroxyl groups is 1. The first kappa shape index (κ1) is 15.7. The molecule has 0 unspecified atom stereocenters. The van der Waals surface area contributed by atoms with Crippen LogP contribution in [-0.4, -0.2) is 29.2 Å². The van der Waals surface area contributed by atoms with Crippen molar-refractivity contribution < 1.29 is 9.50 Å². The number of aliphatic hydroxyl groups excluding tert-OH is 1. The van der Waals surface area contributed by atoms with E-state index in [4.69, 9.17) is 5.11 Å². The Bertz CT molecular complexity index is 485. The standard InChI is InChI=1S/C16H22FNO/c1-5-16(2,3)18(4)12-14-9-8-13(7-6-10-19)11-15(14)17/h8-9,11,19H,5,10,12H2,1-4H3. The number of halogens is 1. The van der Waals surface area contributed by atoms with E-state index in [0.29, 0.717) is 17.7 Å². The van der Waals surface area contributed by atoms with Crippen molar-refractivity contribution in [2.45, 2.75) is 39.3 Å². The smallest absolute Gasteiger partial charge is 0.128 e. The molecule has 1 rings (SSSR count). The predicted molar refractivity (Wildman–Crippen MR) is 76.2 cm³/mol. The third-order valence-corrected chi connectivity index (χ3v) is 3.67. The van der Waals surface area contributed by atoms with Gasteiger partial charge in [0, 0.05) is 23.2 Å². The Kier molecular flexibility index (Phi) is 5.53. The molecular formula is C16H22FNO. The summed E-state index contributed by atoms with van der Waals surface area (Å²) in [5.74, 6) is 4.97. The monoisotopic (exact) mass is 263 g/mol. The molecule has 2 nitrogen and oxygen atoms in total. The van der Waals surface area contributed by atoms with Crippen LogP contribution in [0.3, 0.4) is 0 Å². The highest BCUT2D eigenvalue weighted by Gasteiger charge is 2.21. The SMILES string of the molecule is CCC(C)(C)N(C)Cc1ccc(C#CCO)cc1F. The van der Waals surface area contributed by atoms with Crippen molar-refractivity contribution in [1.82, 2.24) is 4.90 Å². The van der Waals surface area contributed by atoms with E-state index in [1.54, 1.807) is 12.1 Å². The molecule has 0 fully saturated rings. The van der Waals surface area contributed by atoms with Crippen molar-refractivity contribution in [2.24, 2.45) is 0 Å². The minimum Gasteiger partial charge on any atom is -0.384 e. The Morgan fingerprint density at radius 3 is 2.58 bits per heavy atom. The highest BCUT2D eigenvalue weighted by atomic mass is 19.1. The van der Waals surface area contributed by atoms with Crippen LogP contribution in [0.25, 0.3) is 0 Å². The Balaban J connectivity index is 2.86. The Morgan fingerprint density at radius 2 is 2.05 bits per heavy atom. The molecule has 1 aromatic carbocycles. The molecule has 1 N–H and O–H groups in total. The van der Waals surface area contributed by atoms with E-state index in [-0.39, 0.29) is 18.0 Å². The van der Waals surface area contributed by atoms with Gasteiger partial charge in [-0.1, -0.05) is 24.8 Å². The van der Waals surface area contributed by atoms with E-state index < -0.39 is 0 Å². The first-order chi connectivity index (χ1) is 8.90. The molecule has 0 aliphatic carbocycles. The third kappa shape index (κ3) is 4.34. The lowest BCUT2D eigenvalue weighted by Crippen LogP contribution is -2.39. The Hall–Kier alpha value is -1.37. The third-order valence-electron chi connectivity index (χ3n) is 3.67. The molecule has 104 valence electrons. The molecule has 0 radical (unpaired) electrons. The minimum absolute atomic E-state index is 0.0435. The Morgan fingerprint density at radius 1 is 1.37 bits per heavy atom. The van der Waals surface area contributed by atoms with Crippen LogP contribution in [0.2, 0.25) is 0 Å². The number of benzene rings is 1. The highest BCUT2D eigenvalue weighted by Crippen LogP contribution is 2.20. The van der Waals surface area contributed by atoms with Crippen molar-refractivity contribution in [3.63, 3.8) is 0 Å². The van der Waals surface area contributed by atoms with Crippen molar-refractivity contribution in [2.75, 3.05) is 13.7 Å². The quantitative estimate of drug-likeness (QED) is 0.844. The highest BCUT2D eigenvalue weighted by molar-refractivity contribution is 5.37. The molecule has 0 saturated heterocycles. The van der Waals surface area contributed by atoms with Gasteiger partial charge in [-0.2, -0.15) is 0 Å². The molecule has 0 aliphatic heterocycles. The fourth-order valence-corrected chi connectivity index (χ4v) is 1.63. The molecule has 0 bridgehead atoms. The average molecular weight is 263 g/mol. The topological polar surface area (TPSA) is 23.5 Å². The molecule has 19 heavy (non-hydrogen) atoms. The van der Waals surface area contributed by atoms with Crippen LogP contribution in [0.4, 0.5) is 4.39 Å². The predicted octanol–water partition coefficient (Wildman–Crippen LogP) is 2.79. The largest absolute Gasteiger partial charge is 0.384 e. The lowest BCUT2D eigenvalue weighted by atomic mass is 9.99. The van der Waals surface area contributed by atoms with E-state index in [9.17, 15) is 4.39 Å². The van der Waals surface area contributed by atoms with Gasteiger partial charge in [-0.25, -0.2) is 4.39 Å². The maximum Gasteiger partial charge on any atom is 0.128 e. The summed E-state index contributed by atoms with van der Waals surface area (Å²) >= 11 is 0. The minimum atomic E-state index is -0.247. The van der Waals surface area contributed by atoms with Gasteiger partial charge in [0.2, 0.25) is 0 Å². The Labute approximate surface area is 115 Å². The van der Waals surface area contributed by atoms with Crippen LogP contribution in [0.5, 0.6) is 0 Å². The molecular weight excluding hydrogens is 241 g/mol. The zero-order valence-corrected chi connectivity index (χ0v) is 12.1. The average Bonchev–Trinajstić information content (AvgIpc) is 2.39. The molecule has 0 atom stereocenters. The lowest BCUT2D eigenvalue weighted by Gasteiger charge is -2.34. The van der Waals surface area contributed by atoms with Gasteiger partial charge >= 0.3 is 0 Å². The zero-order chi connectivity index (χ0) is 14.5. The van der Waals surface area contributed by atoms with Gasteiger partial charge in [0.15, 0.2) is 0 Å². The van der Waals surface area contributed by atoms with Crippen LogP contribution in [0.15, 0.2) is 18.2 Å². The second-order valence-electron chi connectivity index (χ2n) is 5.29. The summed E-state index contributed by atoms with van der Waals surface area (Å²) in [6, 6.07) is 4.97. The molecule has 0 saturated carbocycles. The summed E-state index contributed by atoms with van der Waals surface area (Å²) in [6.45, 7) is 6.77. The van der Waals surface area contributed by atoms with Crippen LogP contribution in [-0.2, 0) is 6.54 Å². The van der Waals surface area contributed by atoms with Crippen LogP contribution in [0.1, 0.15) is 38.3 Å². The first-order valence-electron chi connectivity index (χ1n) is 6.50. The number of nitrogens with zero attached hydrogens (tertiary/aromatic N) is 1. The summed E-state index contributed by atoms with van der Waals surface area (Å²) in [5, 5.41) is 8.61. The van der Waals surface area contributed by atoms with Gasteiger partial charge in [0.25, 0.3) is 0 Å². The molecule has 0 aliphatic rings. The van der Waals surface area contributed by atoms with E-state index >= 15 is 0 Å². The van der Waals surface area contributed by atoms with Gasteiger partial charge in [0.05, 0.1) is 0 Å². The molecule has 0 amide bonds. The maximum atomic E-state index is 14.0. The van der Waals surface area contributed by atoms with Crippen molar-refractivity contribution in [3.05, 3.63) is 35.1 Å². The lowest BCUT2D eigenvalue weighted by molar-refractivity contribution is 0.141. The van der Waals surface area contributed by atoms with Gasteiger partial charge in [0.1, 0.15) is 12.4 Å². The molecule has 0 spiro atoms. The van der Waals surface area contributed by atoms with E-state index in [1.165, 1.54) is 6.07 Å². The van der Waals surface area contributed by atoms with Gasteiger partial charge in [-0.3, -0.25) is 4.90 Å². The van der Waals surface area contributed by atoms with Crippen molar-refractivity contribution in [1.29, 1.82) is 0 Å². The number of hydrogen-bond acceptors (Lipinski definition) is 2. The van der Waals surface area contributed by atoms with Crippen LogP contribution < -0.4 is 0 Å². The summed E-state index contributed by atoms with van der Waals surface area (Å²) in [5.41, 5.74) is 1.30. The summed E-state index contributed by atoms with van der Waals surface area (Å²) < 4.78 is 14.0. The van der Waals surface area contributed by atoms with Gasteiger partial charge in [-0.15, -0.1) is 0 Å². The van der Waals surface area contributed by atoms with Gasteiger partial charge in [-0.05, 0) is 39.4 Å².